The smallest absolute Gasteiger partial charge is 0.407 e. The van der Waals surface area contributed by atoms with Crippen LogP contribution in [0.15, 0.2) is 60.2 Å². The fourth-order valence-electron chi connectivity index (χ4n) is 9.00. The molecule has 0 saturated carbocycles. The number of benzene rings is 2. The summed E-state index contributed by atoms with van der Waals surface area (Å²) < 4.78 is 28.1. The van der Waals surface area contributed by atoms with E-state index in [1.165, 1.54) is 14.0 Å². The number of hydrogen-bond acceptors (Lipinski definition) is 13. The number of alkyl carbamates (subject to hydrolysis) is 1. The van der Waals surface area contributed by atoms with Crippen molar-refractivity contribution >= 4 is 29.7 Å². The number of rotatable bonds is 25. The molecule has 3 aliphatic rings. The maximum atomic E-state index is 12.5. The lowest BCUT2D eigenvalue weighted by atomic mass is 9.85. The van der Waals surface area contributed by atoms with Crippen LogP contribution in [0.5, 0.6) is 0 Å². The van der Waals surface area contributed by atoms with Gasteiger partial charge in [-0.25, -0.2) is 4.79 Å². The summed E-state index contributed by atoms with van der Waals surface area (Å²) in [6.45, 7) is 14.2. The zero-order chi connectivity index (χ0) is 54.1. The minimum Gasteiger partial charge on any atom is -0.481 e. The van der Waals surface area contributed by atoms with Crippen LogP contribution in [0.1, 0.15) is 136 Å². The second-order valence-electron chi connectivity index (χ2n) is 20.0. The van der Waals surface area contributed by atoms with Crippen molar-refractivity contribution in [3.8, 4) is 11.1 Å². The Morgan fingerprint density at radius 1 is 0.781 bits per heavy atom. The molecule has 2 aliphatic heterocycles. The van der Waals surface area contributed by atoms with Crippen molar-refractivity contribution in [3.05, 3.63) is 71.3 Å². The van der Waals surface area contributed by atoms with Gasteiger partial charge in [0.05, 0.1) is 55.6 Å². The maximum absolute atomic E-state index is 12.5. The summed E-state index contributed by atoms with van der Waals surface area (Å²) >= 11 is 0. The van der Waals surface area contributed by atoms with E-state index in [1.807, 2.05) is 43.3 Å². The van der Waals surface area contributed by atoms with Gasteiger partial charge in [-0.05, 0) is 112 Å². The molecule has 0 radical (unpaired) electrons. The van der Waals surface area contributed by atoms with E-state index in [1.54, 1.807) is 27.9 Å². The van der Waals surface area contributed by atoms with E-state index in [4.69, 9.17) is 24.1 Å². The number of carbonyl (C=O) groups is 5. The molecule has 2 fully saturated rings. The average Bonchev–Trinajstić information content (AvgIpc) is 3.69. The van der Waals surface area contributed by atoms with Crippen molar-refractivity contribution in [2.75, 3.05) is 53.7 Å². The van der Waals surface area contributed by atoms with Crippen LogP contribution in [0.3, 0.4) is 0 Å². The van der Waals surface area contributed by atoms with Gasteiger partial charge in [-0.15, -0.1) is 0 Å². The summed E-state index contributed by atoms with van der Waals surface area (Å²) in [5.41, 5.74) is 5.53. The minimum absolute atomic E-state index is 0.0325. The molecule has 1 aliphatic carbocycles. The number of fused-ring (bicyclic) bond motifs is 3. The van der Waals surface area contributed by atoms with E-state index in [2.05, 4.69) is 52.7 Å². The number of aliphatic hydroxyl groups is 3. The quantitative estimate of drug-likeness (QED) is 0.0388. The number of aliphatic carboxylic acids is 1. The number of ether oxygens (including phenoxy) is 5. The van der Waals surface area contributed by atoms with Gasteiger partial charge in [0.25, 0.3) is 0 Å². The highest BCUT2D eigenvalue weighted by Gasteiger charge is 2.44. The topological polar surface area (TPSA) is 249 Å². The molecule has 2 aromatic carbocycles. The van der Waals surface area contributed by atoms with E-state index >= 15 is 0 Å². The molecule has 17 nitrogen and oxygen atoms in total. The average molecular weight is 1030 g/mol. The van der Waals surface area contributed by atoms with Crippen LogP contribution in [-0.4, -0.2) is 140 Å². The summed E-state index contributed by atoms with van der Waals surface area (Å²) in [5, 5.41) is 46.6. The largest absolute Gasteiger partial charge is 0.481 e. The second kappa shape index (κ2) is 32.5. The third kappa shape index (κ3) is 21.6. The molecular weight excluding hydrogens is 939 g/mol. The first-order chi connectivity index (χ1) is 34.7. The molecule has 10 atom stereocenters. The zero-order valence-corrected chi connectivity index (χ0v) is 44.9. The van der Waals surface area contributed by atoms with Crippen molar-refractivity contribution in [2.24, 2.45) is 23.7 Å². The minimum atomic E-state index is -1.17. The normalized spacial score (nSPS) is 21.8. The first kappa shape index (κ1) is 62.5. The lowest BCUT2D eigenvalue weighted by molar-refractivity contribution is -0.324. The van der Waals surface area contributed by atoms with Crippen molar-refractivity contribution in [1.82, 2.24) is 16.0 Å². The Morgan fingerprint density at radius 2 is 1.38 bits per heavy atom. The molecule has 2 aromatic rings. The Morgan fingerprint density at radius 3 is 1.97 bits per heavy atom. The van der Waals surface area contributed by atoms with Crippen LogP contribution >= 0.6 is 0 Å². The molecule has 3 amide bonds. The number of hydrogen-bond donors (Lipinski definition) is 7. The van der Waals surface area contributed by atoms with Gasteiger partial charge in [0.2, 0.25) is 11.8 Å². The van der Waals surface area contributed by atoms with Gasteiger partial charge in [0.15, 0.2) is 5.79 Å². The van der Waals surface area contributed by atoms with Crippen LogP contribution in [-0.2, 0) is 42.9 Å². The summed E-state index contributed by atoms with van der Waals surface area (Å²) in [5.74, 6) is -2.68. The van der Waals surface area contributed by atoms with E-state index in [0.29, 0.717) is 38.0 Å². The van der Waals surface area contributed by atoms with Crippen molar-refractivity contribution in [3.63, 3.8) is 0 Å². The third-order valence-electron chi connectivity index (χ3n) is 14.0. The molecule has 5 rings (SSSR count). The van der Waals surface area contributed by atoms with E-state index in [0.717, 1.165) is 85.6 Å². The number of ketones is 1. The SMILES string of the molecule is COCCC(=O)NC[C@H](O)[C@H](C)C(=O)NCCC[C@H]1O[C@@]2(CCC[C@@H](CC[C@H](C)/C=C(\C)[C@H](C)O)O2)CCC1C.COCCC(C)=O.C[C@H](C(=O)O)[C@@H](O)CNC(=O)OCC1c2ccccc2-c2ccccc21. The van der Waals surface area contributed by atoms with Crippen LogP contribution in [0, 0.1) is 23.7 Å². The van der Waals surface area contributed by atoms with Gasteiger partial charge in [-0.2, -0.15) is 0 Å². The van der Waals surface area contributed by atoms with Crippen LogP contribution < -0.4 is 16.0 Å². The predicted molar refractivity (Wildman–Crippen MR) is 279 cm³/mol. The van der Waals surface area contributed by atoms with Crippen LogP contribution in [0.4, 0.5) is 4.79 Å². The van der Waals surface area contributed by atoms with Crippen LogP contribution in [0.25, 0.3) is 11.1 Å². The van der Waals surface area contributed by atoms with Gasteiger partial charge in [-0.3, -0.25) is 19.2 Å². The van der Waals surface area contributed by atoms with Gasteiger partial charge in [0, 0.05) is 65.5 Å². The molecule has 0 aromatic heterocycles. The molecule has 1 unspecified atom stereocenters. The summed E-state index contributed by atoms with van der Waals surface area (Å²) in [7, 11) is 3.11. The number of amides is 3. The molecule has 2 heterocycles. The second-order valence-corrected chi connectivity index (χ2v) is 20.0. The van der Waals surface area contributed by atoms with Gasteiger partial charge < -0.3 is 60.1 Å². The lowest BCUT2D eigenvalue weighted by Crippen LogP contribution is -2.50. The summed E-state index contributed by atoms with van der Waals surface area (Å²) in [6, 6.07) is 16.0. The Bertz CT molecular complexity index is 2000. The molecule has 2 saturated heterocycles. The number of carboxylic acids is 1. The van der Waals surface area contributed by atoms with Crippen molar-refractivity contribution in [2.45, 2.75) is 161 Å². The Hall–Kier alpha value is -4.75. The number of carboxylic acid groups (broad SMARTS) is 1. The number of methoxy groups -OCH3 is 2. The highest BCUT2D eigenvalue weighted by Crippen LogP contribution is 2.45. The molecule has 1 spiro atoms. The van der Waals surface area contributed by atoms with Crippen molar-refractivity contribution < 1.29 is 68.1 Å². The van der Waals surface area contributed by atoms with E-state index in [9.17, 15) is 39.3 Å². The lowest BCUT2D eigenvalue weighted by Gasteiger charge is -2.48. The number of Topliss-reactive ketones (excluding diaryl/α,β-unsaturated/α-hetero) is 1. The Labute approximate surface area is 433 Å². The summed E-state index contributed by atoms with van der Waals surface area (Å²) in [6.07, 6.45) is 8.72. The number of carbonyl (C=O) groups excluding carboxylic acids is 4. The van der Waals surface area contributed by atoms with Gasteiger partial charge >= 0.3 is 12.1 Å². The van der Waals surface area contributed by atoms with Gasteiger partial charge in [0.1, 0.15) is 12.4 Å². The molecule has 17 heteroatoms. The Kier molecular flexibility index (Phi) is 27.9. The zero-order valence-electron chi connectivity index (χ0n) is 44.9. The third-order valence-corrected chi connectivity index (χ3v) is 14.0. The molecule has 410 valence electrons. The monoisotopic (exact) mass is 1030 g/mol. The fraction of sp³-hybridized carbons (Fsp3) is 0.661. The first-order valence-electron chi connectivity index (χ1n) is 26.1. The molecular formula is C56H87N3O14. The first-order valence-corrected chi connectivity index (χ1v) is 26.1. The standard InChI is InChI=1S/C31H56N2O7.C20H21NO5.C5H10O2/c1-21(19-23(3)25(5)34)11-12-26-9-7-15-31(39-26)16-13-22(2)28(40-31)10-8-17-32-30(37)24(4)27(35)20-33-29(36)14-18-38-6;1-12(19(23)24)18(22)10-21-20(25)26-11-17-15-8-4-2-6-13(15)14-7-3-5-9-16(14)17;1-5(6)3-4-7-2/h19,21-22,24-28,34-35H,7-18,20H2,1-6H3,(H,32,37)(H,33,36);2-9,12,17-18,22H,10-11H2,1H3,(H,21,25)(H,23,24);3-4H2,1-2H3/b23-19+;;/t21-,22?,24-,25-,26-,27-,28+,31-;12-,18-;/m00./s1. The van der Waals surface area contributed by atoms with Gasteiger partial charge in [-0.1, -0.05) is 75.4 Å². The number of allylic oxidation sites excluding steroid dienone is 1. The molecule has 7 N–H and O–H groups in total. The molecule has 73 heavy (non-hydrogen) atoms. The van der Waals surface area contributed by atoms with E-state index < -0.39 is 48.0 Å². The fourth-order valence-corrected chi connectivity index (χ4v) is 9.00. The summed E-state index contributed by atoms with van der Waals surface area (Å²) in [4.78, 5) is 57.1. The predicted octanol–water partition coefficient (Wildman–Crippen LogP) is 7.08. The number of aliphatic hydroxyl groups excluding tert-OH is 3. The highest BCUT2D eigenvalue weighted by atomic mass is 16.7. The van der Waals surface area contributed by atoms with Crippen LogP contribution in [0.2, 0.25) is 0 Å². The van der Waals surface area contributed by atoms with Crippen molar-refractivity contribution in [1.29, 1.82) is 0 Å². The molecule has 0 bridgehead atoms. The highest BCUT2D eigenvalue weighted by molar-refractivity contribution is 5.80. The number of nitrogens with one attached hydrogen (secondary N) is 3. The Balaban J connectivity index is 0.000000362. The van der Waals surface area contributed by atoms with E-state index in [-0.39, 0.29) is 61.8 Å². The maximum Gasteiger partial charge on any atom is 0.407 e.